The number of aryl methyl sites for hydroxylation is 1. The van der Waals surface area contributed by atoms with E-state index in [0.717, 1.165) is 28.8 Å². The number of primary amides is 1. The van der Waals surface area contributed by atoms with Gasteiger partial charge >= 0.3 is 0 Å². The molecule has 6 nitrogen and oxygen atoms in total. The summed E-state index contributed by atoms with van der Waals surface area (Å²) in [6, 6.07) is 15.0. The summed E-state index contributed by atoms with van der Waals surface area (Å²) in [5, 5.41) is 2.85. The number of amides is 2. The Kier molecular flexibility index (Phi) is 5.09. The maximum atomic E-state index is 12.0. The van der Waals surface area contributed by atoms with E-state index in [4.69, 9.17) is 5.73 Å². The molecule has 1 heterocycles. The fraction of sp³-hybridized carbons (Fsp3) is 0.211. The molecule has 0 saturated heterocycles. The Labute approximate surface area is 145 Å². The highest BCUT2D eigenvalue weighted by Gasteiger charge is 2.06. The van der Waals surface area contributed by atoms with Crippen molar-refractivity contribution in [2.45, 2.75) is 25.7 Å². The first kappa shape index (κ1) is 16.7. The molecular weight excluding hydrogens is 316 g/mol. The summed E-state index contributed by atoms with van der Waals surface area (Å²) in [4.78, 5) is 30.7. The van der Waals surface area contributed by atoms with Gasteiger partial charge in [-0.2, -0.15) is 0 Å². The second-order valence-electron chi connectivity index (χ2n) is 5.94. The van der Waals surface area contributed by atoms with Gasteiger partial charge in [0.2, 0.25) is 11.8 Å². The first-order valence-corrected chi connectivity index (χ1v) is 8.21. The molecule has 0 radical (unpaired) electrons. The van der Waals surface area contributed by atoms with Crippen LogP contribution in [0, 0.1) is 0 Å². The van der Waals surface area contributed by atoms with Crippen molar-refractivity contribution < 1.29 is 9.59 Å². The van der Waals surface area contributed by atoms with Gasteiger partial charge in [-0.15, -0.1) is 0 Å². The molecular formula is C19H20N4O2. The van der Waals surface area contributed by atoms with E-state index in [-0.39, 0.29) is 18.2 Å². The standard InChI is InChI=1S/C19H20N4O2/c20-17(24)12-13-8-10-14(11-9-13)21-19(25)7-3-6-18-22-15-4-1-2-5-16(15)23-18/h1-2,4-5,8-11H,3,6-7,12H2,(H2,20,24)(H,21,25)(H,22,23). The fourth-order valence-electron chi connectivity index (χ4n) is 2.67. The number of aromatic nitrogens is 2. The average Bonchev–Trinajstić information content (AvgIpc) is 2.99. The predicted molar refractivity (Wildman–Crippen MR) is 97.0 cm³/mol. The Morgan fingerprint density at radius 3 is 2.56 bits per heavy atom. The molecule has 0 atom stereocenters. The van der Waals surface area contributed by atoms with Crippen molar-refractivity contribution in [3.8, 4) is 0 Å². The smallest absolute Gasteiger partial charge is 0.224 e. The minimum absolute atomic E-state index is 0.0428. The molecule has 0 unspecified atom stereocenters. The summed E-state index contributed by atoms with van der Waals surface area (Å²) in [7, 11) is 0. The monoisotopic (exact) mass is 336 g/mol. The number of aromatic amines is 1. The Bertz CT molecular complexity index is 851. The lowest BCUT2D eigenvalue weighted by Crippen LogP contribution is -2.14. The number of nitrogens with two attached hydrogens (primary N) is 1. The number of fused-ring (bicyclic) bond motifs is 1. The van der Waals surface area contributed by atoms with Crippen LogP contribution in [0.4, 0.5) is 5.69 Å². The van der Waals surface area contributed by atoms with Crippen LogP contribution in [0.25, 0.3) is 11.0 Å². The number of hydrogen-bond acceptors (Lipinski definition) is 3. The summed E-state index contributed by atoms with van der Waals surface area (Å²) < 4.78 is 0. The maximum Gasteiger partial charge on any atom is 0.224 e. The first-order valence-electron chi connectivity index (χ1n) is 8.21. The molecule has 128 valence electrons. The number of anilines is 1. The van der Waals surface area contributed by atoms with Crippen molar-refractivity contribution in [2.24, 2.45) is 5.73 Å². The summed E-state index contributed by atoms with van der Waals surface area (Å²) in [5.74, 6) is 0.478. The molecule has 3 rings (SSSR count). The van der Waals surface area contributed by atoms with Gasteiger partial charge in [0.15, 0.2) is 0 Å². The predicted octanol–water partition coefficient (Wildman–Crippen LogP) is 2.55. The number of nitrogens with one attached hydrogen (secondary N) is 2. The highest BCUT2D eigenvalue weighted by atomic mass is 16.1. The molecule has 0 saturated carbocycles. The van der Waals surface area contributed by atoms with E-state index in [2.05, 4.69) is 15.3 Å². The molecule has 0 aliphatic heterocycles. The van der Waals surface area contributed by atoms with Crippen LogP contribution in [-0.2, 0) is 22.4 Å². The lowest BCUT2D eigenvalue weighted by molar-refractivity contribution is -0.117. The molecule has 0 aliphatic rings. The number of H-pyrrole nitrogens is 1. The summed E-state index contributed by atoms with van der Waals surface area (Å²) >= 11 is 0. The zero-order valence-corrected chi connectivity index (χ0v) is 13.8. The summed E-state index contributed by atoms with van der Waals surface area (Å²) in [5.41, 5.74) is 8.65. The minimum Gasteiger partial charge on any atom is -0.369 e. The van der Waals surface area contributed by atoms with Crippen LogP contribution in [-0.4, -0.2) is 21.8 Å². The SMILES string of the molecule is NC(=O)Cc1ccc(NC(=O)CCCc2nc3ccccc3[nH]2)cc1. The van der Waals surface area contributed by atoms with Gasteiger partial charge in [-0.25, -0.2) is 4.98 Å². The first-order chi connectivity index (χ1) is 12.1. The number of carbonyl (C=O) groups excluding carboxylic acids is 2. The minimum atomic E-state index is -0.373. The number of hydrogen-bond donors (Lipinski definition) is 3. The van der Waals surface area contributed by atoms with E-state index in [0.29, 0.717) is 18.5 Å². The van der Waals surface area contributed by atoms with Gasteiger partial charge < -0.3 is 16.0 Å². The van der Waals surface area contributed by atoms with Crippen molar-refractivity contribution in [1.82, 2.24) is 9.97 Å². The zero-order valence-electron chi connectivity index (χ0n) is 13.8. The van der Waals surface area contributed by atoms with E-state index in [9.17, 15) is 9.59 Å². The van der Waals surface area contributed by atoms with Gasteiger partial charge in [-0.3, -0.25) is 9.59 Å². The van der Waals surface area contributed by atoms with Crippen LogP contribution < -0.4 is 11.1 Å². The van der Waals surface area contributed by atoms with Gasteiger partial charge in [0, 0.05) is 18.5 Å². The largest absolute Gasteiger partial charge is 0.369 e. The van der Waals surface area contributed by atoms with E-state index in [1.54, 1.807) is 24.3 Å². The van der Waals surface area contributed by atoms with Crippen LogP contribution in [0.15, 0.2) is 48.5 Å². The molecule has 0 spiro atoms. The normalized spacial score (nSPS) is 10.7. The lowest BCUT2D eigenvalue weighted by Gasteiger charge is -2.06. The van der Waals surface area contributed by atoms with Crippen LogP contribution in [0.2, 0.25) is 0 Å². The second kappa shape index (κ2) is 7.61. The molecule has 0 aliphatic carbocycles. The average molecular weight is 336 g/mol. The Balaban J connectivity index is 1.46. The third-order valence-corrected chi connectivity index (χ3v) is 3.87. The van der Waals surface area contributed by atoms with Crippen molar-refractivity contribution in [3.63, 3.8) is 0 Å². The number of carbonyl (C=O) groups is 2. The summed E-state index contributed by atoms with van der Waals surface area (Å²) in [6.07, 6.45) is 2.05. The van der Waals surface area contributed by atoms with E-state index in [1.165, 1.54) is 0 Å². The topological polar surface area (TPSA) is 101 Å². The van der Waals surface area contributed by atoms with E-state index < -0.39 is 0 Å². The van der Waals surface area contributed by atoms with E-state index >= 15 is 0 Å². The molecule has 3 aromatic rings. The zero-order chi connectivity index (χ0) is 17.6. The van der Waals surface area contributed by atoms with E-state index in [1.807, 2.05) is 24.3 Å². The number of imidazole rings is 1. The molecule has 25 heavy (non-hydrogen) atoms. The Morgan fingerprint density at radius 2 is 1.84 bits per heavy atom. The molecule has 4 N–H and O–H groups in total. The maximum absolute atomic E-state index is 12.0. The van der Waals surface area contributed by atoms with Crippen molar-refractivity contribution >= 4 is 28.5 Å². The quantitative estimate of drug-likeness (QED) is 0.618. The van der Waals surface area contributed by atoms with Crippen molar-refractivity contribution in [1.29, 1.82) is 0 Å². The number of rotatable bonds is 7. The van der Waals surface area contributed by atoms with Crippen LogP contribution >= 0.6 is 0 Å². The van der Waals surface area contributed by atoms with Gasteiger partial charge in [-0.05, 0) is 36.2 Å². The van der Waals surface area contributed by atoms with Crippen molar-refractivity contribution in [3.05, 3.63) is 59.9 Å². The van der Waals surface area contributed by atoms with Crippen LogP contribution in [0.1, 0.15) is 24.2 Å². The molecule has 6 heteroatoms. The number of nitrogens with zero attached hydrogens (tertiary/aromatic N) is 1. The summed E-state index contributed by atoms with van der Waals surface area (Å²) in [6.45, 7) is 0. The number of para-hydroxylation sites is 2. The lowest BCUT2D eigenvalue weighted by atomic mass is 10.1. The molecule has 2 amide bonds. The van der Waals surface area contributed by atoms with Crippen LogP contribution in [0.3, 0.4) is 0 Å². The Hall–Kier alpha value is -3.15. The molecule has 0 fully saturated rings. The fourth-order valence-corrected chi connectivity index (χ4v) is 2.67. The highest BCUT2D eigenvalue weighted by Crippen LogP contribution is 2.13. The molecule has 0 bridgehead atoms. The van der Waals surface area contributed by atoms with Gasteiger partial charge in [0.25, 0.3) is 0 Å². The van der Waals surface area contributed by atoms with Gasteiger partial charge in [0.1, 0.15) is 5.82 Å². The highest BCUT2D eigenvalue weighted by molar-refractivity contribution is 5.90. The van der Waals surface area contributed by atoms with Crippen molar-refractivity contribution in [2.75, 3.05) is 5.32 Å². The van der Waals surface area contributed by atoms with Crippen LogP contribution in [0.5, 0.6) is 0 Å². The van der Waals surface area contributed by atoms with Gasteiger partial charge in [0.05, 0.1) is 17.5 Å². The third kappa shape index (κ3) is 4.67. The number of benzene rings is 2. The Morgan fingerprint density at radius 1 is 1.08 bits per heavy atom. The second-order valence-corrected chi connectivity index (χ2v) is 5.94. The molecule has 2 aromatic carbocycles. The molecule has 1 aromatic heterocycles. The third-order valence-electron chi connectivity index (χ3n) is 3.87. The van der Waals surface area contributed by atoms with Gasteiger partial charge in [-0.1, -0.05) is 24.3 Å².